The second-order valence-corrected chi connectivity index (χ2v) is 5.10. The summed E-state index contributed by atoms with van der Waals surface area (Å²) in [7, 11) is 1.66. The first-order valence-corrected chi connectivity index (χ1v) is 6.64. The molecule has 2 aromatic rings. The lowest BCUT2D eigenvalue weighted by Crippen LogP contribution is -2.02. The number of hydrogen-bond donors (Lipinski definition) is 1. The van der Waals surface area contributed by atoms with Crippen LogP contribution in [-0.4, -0.2) is 14.7 Å². The van der Waals surface area contributed by atoms with E-state index < -0.39 is 4.92 Å². The predicted molar refractivity (Wildman–Crippen MR) is 79.0 cm³/mol. The molecule has 1 aromatic heterocycles. The Labute approximate surface area is 130 Å². The fraction of sp³-hybridized carbons (Fsp3) is 0.250. The van der Waals surface area contributed by atoms with Crippen molar-refractivity contribution in [3.8, 4) is 11.6 Å². The molecule has 0 atom stereocenters. The standard InChI is InChI=1S/C12H12Cl2N4O3/c1-6-7(5-15)12(17(2)16-6)21-11-4-9(14)8(13)3-10(11)18(19)20/h3-4H,5,15H2,1-2H3. The molecule has 0 spiro atoms. The molecule has 0 unspecified atom stereocenters. The van der Waals surface area contributed by atoms with Crippen molar-refractivity contribution in [3.63, 3.8) is 0 Å². The smallest absolute Gasteiger partial charge is 0.313 e. The van der Waals surface area contributed by atoms with Gasteiger partial charge in [0.15, 0.2) is 0 Å². The van der Waals surface area contributed by atoms with Crippen molar-refractivity contribution in [2.75, 3.05) is 0 Å². The van der Waals surface area contributed by atoms with Gasteiger partial charge in [0.05, 0.1) is 26.2 Å². The number of benzene rings is 1. The number of ether oxygens (including phenoxy) is 1. The number of nitro benzene ring substituents is 1. The van der Waals surface area contributed by atoms with E-state index in [1.165, 1.54) is 10.7 Å². The van der Waals surface area contributed by atoms with Crippen LogP contribution in [0.1, 0.15) is 11.3 Å². The van der Waals surface area contributed by atoms with Gasteiger partial charge in [-0.2, -0.15) is 5.10 Å². The van der Waals surface area contributed by atoms with Crippen LogP contribution in [0.3, 0.4) is 0 Å². The minimum atomic E-state index is -0.594. The van der Waals surface area contributed by atoms with E-state index in [0.717, 1.165) is 6.07 Å². The molecule has 0 aliphatic rings. The Kier molecular flexibility index (Phi) is 4.36. The van der Waals surface area contributed by atoms with Crippen molar-refractivity contribution in [1.29, 1.82) is 0 Å². The second kappa shape index (κ2) is 5.88. The number of hydrogen-bond acceptors (Lipinski definition) is 5. The van der Waals surface area contributed by atoms with Gasteiger partial charge in [-0.25, -0.2) is 4.68 Å². The minimum Gasteiger partial charge on any atom is -0.432 e. The molecule has 0 bridgehead atoms. The summed E-state index contributed by atoms with van der Waals surface area (Å²) in [6, 6.07) is 2.44. The van der Waals surface area contributed by atoms with Crippen LogP contribution < -0.4 is 10.5 Å². The molecule has 0 saturated heterocycles. The normalized spacial score (nSPS) is 10.7. The zero-order valence-electron chi connectivity index (χ0n) is 11.3. The molecule has 0 amide bonds. The number of nitrogens with zero attached hydrogens (tertiary/aromatic N) is 3. The van der Waals surface area contributed by atoms with E-state index in [0.29, 0.717) is 17.1 Å². The van der Waals surface area contributed by atoms with Gasteiger partial charge < -0.3 is 10.5 Å². The Hall–Kier alpha value is -1.83. The molecule has 0 aliphatic carbocycles. The summed E-state index contributed by atoms with van der Waals surface area (Å²) in [5, 5.41) is 15.5. The third-order valence-electron chi connectivity index (χ3n) is 2.90. The third-order valence-corrected chi connectivity index (χ3v) is 3.62. The van der Waals surface area contributed by atoms with Crippen LogP contribution in [0.4, 0.5) is 5.69 Å². The van der Waals surface area contributed by atoms with E-state index in [2.05, 4.69) is 5.10 Å². The summed E-state index contributed by atoms with van der Waals surface area (Å²) < 4.78 is 7.08. The summed E-state index contributed by atoms with van der Waals surface area (Å²) in [5.74, 6) is 0.309. The molecule has 0 radical (unpaired) electrons. The van der Waals surface area contributed by atoms with Gasteiger partial charge in [-0.05, 0) is 6.92 Å². The Balaban J connectivity index is 2.54. The molecule has 21 heavy (non-hydrogen) atoms. The van der Waals surface area contributed by atoms with Crippen molar-refractivity contribution in [3.05, 3.63) is 43.5 Å². The molecule has 112 valence electrons. The van der Waals surface area contributed by atoms with E-state index in [-0.39, 0.29) is 28.0 Å². The number of rotatable bonds is 4. The van der Waals surface area contributed by atoms with E-state index in [1.54, 1.807) is 14.0 Å². The van der Waals surface area contributed by atoms with Gasteiger partial charge in [-0.3, -0.25) is 10.1 Å². The van der Waals surface area contributed by atoms with Crippen molar-refractivity contribution in [1.82, 2.24) is 9.78 Å². The van der Waals surface area contributed by atoms with Crippen molar-refractivity contribution in [2.45, 2.75) is 13.5 Å². The van der Waals surface area contributed by atoms with Crippen LogP contribution in [0.15, 0.2) is 12.1 Å². The van der Waals surface area contributed by atoms with Gasteiger partial charge >= 0.3 is 5.69 Å². The van der Waals surface area contributed by atoms with E-state index >= 15 is 0 Å². The Morgan fingerprint density at radius 2 is 2.05 bits per heavy atom. The quantitative estimate of drug-likeness (QED) is 0.685. The lowest BCUT2D eigenvalue weighted by atomic mass is 10.2. The number of nitrogens with two attached hydrogens (primary N) is 1. The number of nitro groups is 1. The van der Waals surface area contributed by atoms with Crippen molar-refractivity contribution < 1.29 is 9.66 Å². The van der Waals surface area contributed by atoms with Crippen molar-refractivity contribution in [2.24, 2.45) is 12.8 Å². The second-order valence-electron chi connectivity index (χ2n) is 4.29. The number of aryl methyl sites for hydroxylation is 2. The fourth-order valence-electron chi connectivity index (χ4n) is 1.89. The molecule has 1 aromatic carbocycles. The Bertz CT molecular complexity index is 715. The molecule has 2 rings (SSSR count). The maximum Gasteiger partial charge on any atom is 0.313 e. The highest BCUT2D eigenvalue weighted by atomic mass is 35.5. The van der Waals surface area contributed by atoms with Crippen LogP contribution in [0.25, 0.3) is 0 Å². The topological polar surface area (TPSA) is 96.2 Å². The summed E-state index contributed by atoms with van der Waals surface area (Å²) in [4.78, 5) is 10.5. The average Bonchev–Trinajstić information content (AvgIpc) is 2.67. The SMILES string of the molecule is Cc1nn(C)c(Oc2cc(Cl)c(Cl)cc2[N+](=O)[O-])c1CN. The first-order valence-electron chi connectivity index (χ1n) is 5.89. The Morgan fingerprint density at radius 1 is 1.43 bits per heavy atom. The average molecular weight is 331 g/mol. The first-order chi connectivity index (χ1) is 9.85. The van der Waals surface area contributed by atoms with E-state index in [1.807, 2.05) is 0 Å². The van der Waals surface area contributed by atoms with Gasteiger partial charge in [0, 0.05) is 25.7 Å². The lowest BCUT2D eigenvalue weighted by molar-refractivity contribution is -0.385. The zero-order valence-corrected chi connectivity index (χ0v) is 12.8. The monoisotopic (exact) mass is 330 g/mol. The minimum absolute atomic E-state index is 0.0212. The highest BCUT2D eigenvalue weighted by Gasteiger charge is 2.22. The molecular formula is C12H12Cl2N4O3. The molecular weight excluding hydrogens is 319 g/mol. The van der Waals surface area contributed by atoms with E-state index in [9.17, 15) is 10.1 Å². The third kappa shape index (κ3) is 2.94. The van der Waals surface area contributed by atoms with Gasteiger partial charge in [-0.15, -0.1) is 0 Å². The lowest BCUT2D eigenvalue weighted by Gasteiger charge is -2.09. The highest BCUT2D eigenvalue weighted by molar-refractivity contribution is 6.42. The fourth-order valence-corrected chi connectivity index (χ4v) is 2.20. The Morgan fingerprint density at radius 3 is 2.62 bits per heavy atom. The van der Waals surface area contributed by atoms with Crippen LogP contribution in [0, 0.1) is 17.0 Å². The molecule has 0 aliphatic heterocycles. The molecule has 1 heterocycles. The van der Waals surface area contributed by atoms with Crippen LogP contribution >= 0.6 is 23.2 Å². The van der Waals surface area contributed by atoms with Crippen LogP contribution in [0.5, 0.6) is 11.6 Å². The largest absolute Gasteiger partial charge is 0.432 e. The van der Waals surface area contributed by atoms with Gasteiger partial charge in [0.2, 0.25) is 11.6 Å². The van der Waals surface area contributed by atoms with E-state index in [4.69, 9.17) is 33.7 Å². The summed E-state index contributed by atoms with van der Waals surface area (Å²) in [6.07, 6.45) is 0. The van der Waals surface area contributed by atoms with Crippen molar-refractivity contribution >= 4 is 28.9 Å². The molecule has 0 saturated carbocycles. The molecule has 7 nitrogen and oxygen atoms in total. The van der Waals surface area contributed by atoms with Gasteiger partial charge in [0.25, 0.3) is 0 Å². The van der Waals surface area contributed by atoms with Crippen LogP contribution in [0.2, 0.25) is 10.0 Å². The van der Waals surface area contributed by atoms with Gasteiger partial charge in [0.1, 0.15) is 0 Å². The zero-order chi connectivity index (χ0) is 15.7. The molecule has 0 fully saturated rings. The number of halogens is 2. The maximum atomic E-state index is 11.1. The number of aromatic nitrogens is 2. The predicted octanol–water partition coefficient (Wildman–Crippen LogP) is 3.19. The molecule has 9 heteroatoms. The summed E-state index contributed by atoms with van der Waals surface area (Å²) in [6.45, 7) is 1.97. The first kappa shape index (κ1) is 15.6. The summed E-state index contributed by atoms with van der Waals surface area (Å²) in [5.41, 5.74) is 6.73. The summed E-state index contributed by atoms with van der Waals surface area (Å²) >= 11 is 11.7. The molecule has 2 N–H and O–H groups in total. The maximum absolute atomic E-state index is 11.1. The van der Waals surface area contributed by atoms with Gasteiger partial charge in [-0.1, -0.05) is 23.2 Å². The highest BCUT2D eigenvalue weighted by Crippen LogP contribution is 2.39. The van der Waals surface area contributed by atoms with Crippen LogP contribution in [-0.2, 0) is 13.6 Å².